The predicted octanol–water partition coefficient (Wildman–Crippen LogP) is 8.63. The number of hydrogen-bond donors (Lipinski definition) is 1. The molecule has 0 amide bonds. The van der Waals surface area contributed by atoms with Gasteiger partial charge >= 0.3 is 0 Å². The molecule has 6 nitrogen and oxygen atoms in total. The normalized spacial score (nSPS) is 18.7. The van der Waals surface area contributed by atoms with Crippen molar-refractivity contribution in [1.82, 2.24) is 14.8 Å². The molecular weight excluding hydrogens is 604 g/mol. The number of nitrogens with one attached hydrogen (secondary N) is 1. The number of nitrogens with zero attached hydrogens (tertiary/aromatic N) is 2. The number of carbonyl (C=O) groups is 1. The topological polar surface area (TPSA) is 77.0 Å². The molecule has 0 fully saturated rings. The number of aryl methyl sites for hydroxylation is 3. The van der Waals surface area contributed by atoms with Crippen molar-refractivity contribution in [2.24, 2.45) is 5.41 Å². The summed E-state index contributed by atoms with van der Waals surface area (Å²) in [5.74, 6) is 0.238. The summed E-state index contributed by atoms with van der Waals surface area (Å²) in [7, 11) is -1.15. The molecule has 0 spiro atoms. The number of hydrogen-bond acceptors (Lipinski definition) is 4. The van der Waals surface area contributed by atoms with Gasteiger partial charge in [-0.1, -0.05) is 44.5 Å². The minimum atomic E-state index is -1.15. The monoisotopic (exact) mass is 643 g/mol. The Morgan fingerprint density at radius 2 is 1.98 bits per heavy atom. The minimum absolute atomic E-state index is 0.0560. The van der Waals surface area contributed by atoms with E-state index in [1.807, 2.05) is 29.8 Å². The van der Waals surface area contributed by atoms with Crippen LogP contribution in [-0.2, 0) is 28.4 Å². The average molecular weight is 644 g/mol. The second-order valence-corrected chi connectivity index (χ2v) is 14.6. The zero-order valence-electron chi connectivity index (χ0n) is 26.4. The number of aromatic amines is 1. The van der Waals surface area contributed by atoms with Crippen LogP contribution in [0.2, 0.25) is 0 Å². The second kappa shape index (κ2) is 13.3. The molecule has 3 heterocycles. The fourth-order valence-corrected chi connectivity index (χ4v) is 8.24. The first-order valence-corrected chi connectivity index (χ1v) is 17.3. The third-order valence-electron chi connectivity index (χ3n) is 8.90. The maximum Gasteiger partial charge on any atom is 0.168 e. The molecule has 1 aliphatic heterocycles. The van der Waals surface area contributed by atoms with Crippen LogP contribution in [-0.4, -0.2) is 36.8 Å². The number of H-pyrrole nitrogens is 1. The van der Waals surface area contributed by atoms with Crippen molar-refractivity contribution in [3.63, 3.8) is 0 Å². The lowest BCUT2D eigenvalue weighted by Crippen LogP contribution is -2.23. The Balaban J connectivity index is 1.50. The lowest BCUT2D eigenvalue weighted by Gasteiger charge is -2.27. The molecule has 2 atom stereocenters. The van der Waals surface area contributed by atoms with E-state index in [-0.39, 0.29) is 23.0 Å². The molecule has 2 bridgehead atoms. The molecule has 1 N–H and O–H groups in total. The summed E-state index contributed by atoms with van der Waals surface area (Å²) in [6, 6.07) is 15.7. The van der Waals surface area contributed by atoms with E-state index in [0.717, 1.165) is 47.6 Å². The first-order valence-electron chi connectivity index (χ1n) is 15.8. The molecule has 0 radical (unpaired) electrons. The standard InChI is InChI=1S/C37H39F2N3O3S/c1-24-22-41-42-34(26-9-4-7-25(19-26)8-6-17-43)10-5-15-37(2,3)23-46(44)18-14-29-28-13-16-40-33(28)21-32(39)36(29)45-27-11-12-31(38)30(20-27)35(24)42/h4,7,9,11-13,16-17,19-22,34,40H,5-6,8,10,14-15,18,23H2,1-3H3. The van der Waals surface area contributed by atoms with Crippen LogP contribution in [0.25, 0.3) is 22.2 Å². The van der Waals surface area contributed by atoms with Crippen molar-refractivity contribution in [3.05, 3.63) is 101 Å². The summed E-state index contributed by atoms with van der Waals surface area (Å²) in [5, 5.41) is 5.59. The number of carbonyl (C=O) groups excluding carboxylic acids is 1. The first kappa shape index (κ1) is 31.9. The maximum atomic E-state index is 15.8. The van der Waals surface area contributed by atoms with E-state index in [0.29, 0.717) is 53.1 Å². The van der Waals surface area contributed by atoms with E-state index >= 15 is 8.78 Å². The Kier molecular flexibility index (Phi) is 9.22. The van der Waals surface area contributed by atoms with E-state index < -0.39 is 22.4 Å². The van der Waals surface area contributed by atoms with Crippen molar-refractivity contribution in [1.29, 1.82) is 0 Å². The molecule has 2 unspecified atom stereocenters. The molecule has 0 saturated carbocycles. The zero-order valence-corrected chi connectivity index (χ0v) is 27.3. The molecule has 46 heavy (non-hydrogen) atoms. The van der Waals surface area contributed by atoms with Crippen molar-refractivity contribution >= 4 is 28.0 Å². The van der Waals surface area contributed by atoms with Crippen LogP contribution in [0.1, 0.15) is 67.8 Å². The largest absolute Gasteiger partial charge is 0.454 e. The number of ether oxygens (including phenoxy) is 1. The SMILES string of the molecule is Cc1cnn2c1-c1cc(ccc1F)Oc1c(F)cc3[nH]ccc3c1CCS(=O)CC(C)(C)CCCC2c1cccc(CCC=O)c1. The van der Waals surface area contributed by atoms with Gasteiger partial charge in [-0.3, -0.25) is 8.89 Å². The maximum absolute atomic E-state index is 15.8. The molecule has 9 heteroatoms. The number of fused-ring (bicyclic) bond motifs is 7. The van der Waals surface area contributed by atoms with Crippen LogP contribution in [0, 0.1) is 24.0 Å². The van der Waals surface area contributed by atoms with Crippen molar-refractivity contribution < 1.29 is 22.5 Å². The molecule has 240 valence electrons. The Bertz CT molecular complexity index is 1910. The molecule has 3 aromatic carbocycles. The number of aromatic nitrogens is 3. The summed E-state index contributed by atoms with van der Waals surface area (Å²) in [6.07, 6.45) is 8.23. The molecule has 0 aliphatic carbocycles. The van der Waals surface area contributed by atoms with Gasteiger partial charge in [-0.15, -0.1) is 0 Å². The molecule has 5 aromatic rings. The fraction of sp³-hybridized carbons (Fsp3) is 0.351. The van der Waals surface area contributed by atoms with Gasteiger partial charge < -0.3 is 14.5 Å². The average Bonchev–Trinajstić information content (AvgIpc) is 3.64. The van der Waals surface area contributed by atoms with Crippen LogP contribution in [0.15, 0.2) is 67.0 Å². The highest BCUT2D eigenvalue weighted by Crippen LogP contribution is 2.40. The molecule has 0 saturated heterocycles. The van der Waals surface area contributed by atoms with Gasteiger partial charge in [0.1, 0.15) is 17.9 Å². The Morgan fingerprint density at radius 3 is 2.80 bits per heavy atom. The van der Waals surface area contributed by atoms with Gasteiger partial charge in [0, 0.05) is 63.0 Å². The Morgan fingerprint density at radius 1 is 1.13 bits per heavy atom. The van der Waals surface area contributed by atoms with Gasteiger partial charge in [-0.25, -0.2) is 8.78 Å². The molecule has 1 aliphatic rings. The lowest BCUT2D eigenvalue weighted by molar-refractivity contribution is -0.107. The van der Waals surface area contributed by atoms with Crippen LogP contribution in [0.3, 0.4) is 0 Å². The van der Waals surface area contributed by atoms with Crippen LogP contribution < -0.4 is 4.74 Å². The van der Waals surface area contributed by atoms with E-state index in [2.05, 4.69) is 31.0 Å². The van der Waals surface area contributed by atoms with Crippen LogP contribution in [0.5, 0.6) is 11.5 Å². The third kappa shape index (κ3) is 6.70. The van der Waals surface area contributed by atoms with Crippen LogP contribution in [0.4, 0.5) is 8.78 Å². The van der Waals surface area contributed by atoms with Gasteiger partial charge in [0.25, 0.3) is 0 Å². The zero-order chi connectivity index (χ0) is 32.4. The van der Waals surface area contributed by atoms with Gasteiger partial charge in [0.05, 0.1) is 17.9 Å². The minimum Gasteiger partial charge on any atom is -0.454 e. The molecule has 2 aromatic heterocycles. The summed E-state index contributed by atoms with van der Waals surface area (Å²) in [5.41, 5.74) is 4.86. The Hall–Kier alpha value is -4.11. The van der Waals surface area contributed by atoms with E-state index in [1.165, 1.54) is 18.2 Å². The summed E-state index contributed by atoms with van der Waals surface area (Å²) in [4.78, 5) is 14.2. The van der Waals surface area contributed by atoms with Gasteiger partial charge in [0.15, 0.2) is 11.6 Å². The third-order valence-corrected chi connectivity index (χ3v) is 10.7. The highest BCUT2D eigenvalue weighted by molar-refractivity contribution is 7.85. The van der Waals surface area contributed by atoms with Crippen molar-refractivity contribution in [3.8, 4) is 22.8 Å². The van der Waals surface area contributed by atoms with E-state index in [1.54, 1.807) is 18.5 Å². The van der Waals surface area contributed by atoms with Crippen molar-refractivity contribution in [2.45, 2.75) is 65.3 Å². The summed E-state index contributed by atoms with van der Waals surface area (Å²) < 4.78 is 53.0. The van der Waals surface area contributed by atoms with E-state index in [9.17, 15) is 9.00 Å². The van der Waals surface area contributed by atoms with Crippen molar-refractivity contribution in [2.75, 3.05) is 11.5 Å². The smallest absolute Gasteiger partial charge is 0.168 e. The van der Waals surface area contributed by atoms with Gasteiger partial charge in [-0.2, -0.15) is 5.10 Å². The number of benzene rings is 3. The highest BCUT2D eigenvalue weighted by atomic mass is 32.2. The number of aldehydes is 1. The number of rotatable bonds is 4. The molecular formula is C37H39F2N3O3S. The van der Waals surface area contributed by atoms with Gasteiger partial charge in [-0.05, 0) is 79.0 Å². The number of halogens is 2. The fourth-order valence-electron chi connectivity index (χ4n) is 6.65. The predicted molar refractivity (Wildman–Crippen MR) is 179 cm³/mol. The van der Waals surface area contributed by atoms with E-state index in [4.69, 9.17) is 9.84 Å². The quantitative estimate of drug-likeness (QED) is 0.199. The lowest BCUT2D eigenvalue weighted by atomic mass is 9.87. The van der Waals surface area contributed by atoms with Crippen LogP contribution >= 0.6 is 0 Å². The highest BCUT2D eigenvalue weighted by Gasteiger charge is 2.27. The Labute approximate surface area is 270 Å². The summed E-state index contributed by atoms with van der Waals surface area (Å²) in [6.45, 7) is 6.18. The molecule has 6 rings (SSSR count). The second-order valence-electron chi connectivity index (χ2n) is 13.0. The first-order chi connectivity index (χ1) is 22.1. The van der Waals surface area contributed by atoms with Gasteiger partial charge in [0.2, 0.25) is 0 Å². The summed E-state index contributed by atoms with van der Waals surface area (Å²) >= 11 is 0.